The molecule has 0 bridgehead atoms. The molecule has 2 rings (SSSR count). The van der Waals surface area contributed by atoms with Crippen molar-refractivity contribution in [3.63, 3.8) is 0 Å². The van der Waals surface area contributed by atoms with Crippen LogP contribution in [0.3, 0.4) is 0 Å². The number of hydrogen-bond donors (Lipinski definition) is 2. The molecule has 0 radical (unpaired) electrons. The SMILES string of the molecule is CNc1ncc(C(=O)NC(C)c2ccc(Br)cc2)cc1Cl. The van der Waals surface area contributed by atoms with Crippen molar-refractivity contribution < 1.29 is 4.79 Å². The highest BCUT2D eigenvalue weighted by molar-refractivity contribution is 9.10. The predicted molar refractivity (Wildman–Crippen MR) is 88.8 cm³/mol. The van der Waals surface area contributed by atoms with Gasteiger partial charge in [0, 0.05) is 17.7 Å². The van der Waals surface area contributed by atoms with Gasteiger partial charge in [0.1, 0.15) is 5.82 Å². The van der Waals surface area contributed by atoms with E-state index in [4.69, 9.17) is 11.6 Å². The number of pyridine rings is 1. The molecule has 0 aliphatic carbocycles. The first-order valence-corrected chi connectivity index (χ1v) is 7.58. The number of hydrogen-bond acceptors (Lipinski definition) is 3. The molecule has 0 saturated carbocycles. The van der Waals surface area contributed by atoms with E-state index in [1.54, 1.807) is 13.1 Å². The third kappa shape index (κ3) is 3.95. The first-order chi connectivity index (χ1) is 10.0. The monoisotopic (exact) mass is 367 g/mol. The number of carbonyl (C=O) groups is 1. The number of carbonyl (C=O) groups excluding carboxylic acids is 1. The summed E-state index contributed by atoms with van der Waals surface area (Å²) < 4.78 is 1.00. The van der Waals surface area contributed by atoms with Crippen molar-refractivity contribution in [2.24, 2.45) is 0 Å². The standard InChI is InChI=1S/C15H15BrClN3O/c1-9(10-3-5-12(16)6-4-10)20-15(21)11-7-13(17)14(18-2)19-8-11/h3-9H,1-2H3,(H,18,19)(H,20,21). The molecule has 4 nitrogen and oxygen atoms in total. The van der Waals surface area contributed by atoms with Crippen LogP contribution in [0.4, 0.5) is 5.82 Å². The Labute approximate surface area is 137 Å². The highest BCUT2D eigenvalue weighted by Crippen LogP contribution is 2.21. The van der Waals surface area contributed by atoms with Gasteiger partial charge in [-0.1, -0.05) is 39.7 Å². The summed E-state index contributed by atoms with van der Waals surface area (Å²) in [7, 11) is 1.73. The lowest BCUT2D eigenvalue weighted by atomic mass is 10.1. The van der Waals surface area contributed by atoms with E-state index in [1.807, 2.05) is 31.2 Å². The van der Waals surface area contributed by atoms with Crippen LogP contribution in [0.5, 0.6) is 0 Å². The third-order valence-corrected chi connectivity index (χ3v) is 3.87. The molecule has 2 N–H and O–H groups in total. The van der Waals surface area contributed by atoms with Crippen LogP contribution in [0.25, 0.3) is 0 Å². The zero-order valence-electron chi connectivity index (χ0n) is 11.7. The topological polar surface area (TPSA) is 54.0 Å². The average molecular weight is 369 g/mol. The van der Waals surface area contributed by atoms with Crippen LogP contribution in [-0.4, -0.2) is 17.9 Å². The van der Waals surface area contributed by atoms with Gasteiger partial charge in [-0.25, -0.2) is 4.98 Å². The minimum Gasteiger partial charge on any atom is -0.372 e. The molecule has 0 fully saturated rings. The number of nitrogens with one attached hydrogen (secondary N) is 2. The van der Waals surface area contributed by atoms with Crippen LogP contribution >= 0.6 is 27.5 Å². The molecular formula is C15H15BrClN3O. The van der Waals surface area contributed by atoms with Crippen LogP contribution < -0.4 is 10.6 Å². The van der Waals surface area contributed by atoms with E-state index in [0.717, 1.165) is 10.0 Å². The Balaban J connectivity index is 2.10. The maximum atomic E-state index is 12.2. The number of nitrogens with zero attached hydrogens (tertiary/aromatic N) is 1. The number of aromatic nitrogens is 1. The molecular weight excluding hydrogens is 354 g/mol. The van der Waals surface area contributed by atoms with E-state index in [2.05, 4.69) is 31.5 Å². The molecule has 1 heterocycles. The minimum absolute atomic E-state index is 0.103. The van der Waals surface area contributed by atoms with E-state index in [0.29, 0.717) is 16.4 Å². The maximum Gasteiger partial charge on any atom is 0.253 e. The second kappa shape index (κ2) is 6.91. The Kier molecular flexibility index (Phi) is 5.20. The second-order valence-electron chi connectivity index (χ2n) is 4.55. The van der Waals surface area contributed by atoms with Crippen molar-refractivity contribution >= 4 is 39.3 Å². The van der Waals surface area contributed by atoms with Crippen LogP contribution in [-0.2, 0) is 0 Å². The van der Waals surface area contributed by atoms with Crippen molar-refractivity contribution in [3.05, 3.63) is 57.2 Å². The number of benzene rings is 1. The number of rotatable bonds is 4. The normalized spacial score (nSPS) is 11.8. The molecule has 1 atom stereocenters. The zero-order chi connectivity index (χ0) is 15.4. The van der Waals surface area contributed by atoms with Crippen LogP contribution in [0.2, 0.25) is 5.02 Å². The molecule has 2 aromatic rings. The smallest absolute Gasteiger partial charge is 0.253 e. The number of halogens is 2. The number of anilines is 1. The first kappa shape index (κ1) is 15.8. The van der Waals surface area contributed by atoms with E-state index in [9.17, 15) is 4.79 Å². The molecule has 1 aromatic heterocycles. The van der Waals surface area contributed by atoms with Crippen LogP contribution in [0.1, 0.15) is 28.9 Å². The fourth-order valence-corrected chi connectivity index (χ4v) is 2.39. The molecule has 1 amide bonds. The zero-order valence-corrected chi connectivity index (χ0v) is 14.0. The van der Waals surface area contributed by atoms with Gasteiger partial charge in [-0.3, -0.25) is 4.79 Å². The minimum atomic E-state index is -0.206. The van der Waals surface area contributed by atoms with Crippen LogP contribution in [0.15, 0.2) is 41.0 Å². The van der Waals surface area contributed by atoms with E-state index >= 15 is 0 Å². The molecule has 1 unspecified atom stereocenters. The Morgan fingerprint density at radius 2 is 2.00 bits per heavy atom. The van der Waals surface area contributed by atoms with E-state index < -0.39 is 0 Å². The van der Waals surface area contributed by atoms with Crippen molar-refractivity contribution in [1.29, 1.82) is 0 Å². The van der Waals surface area contributed by atoms with E-state index in [-0.39, 0.29) is 11.9 Å². The largest absolute Gasteiger partial charge is 0.372 e. The van der Waals surface area contributed by atoms with Gasteiger partial charge in [-0.2, -0.15) is 0 Å². The van der Waals surface area contributed by atoms with Gasteiger partial charge in [-0.15, -0.1) is 0 Å². The third-order valence-electron chi connectivity index (χ3n) is 3.06. The average Bonchev–Trinajstić information content (AvgIpc) is 2.47. The Bertz CT molecular complexity index is 646. The van der Waals surface area contributed by atoms with Gasteiger partial charge in [0.15, 0.2) is 0 Å². The second-order valence-corrected chi connectivity index (χ2v) is 5.87. The molecule has 110 valence electrons. The lowest BCUT2D eigenvalue weighted by molar-refractivity contribution is 0.0939. The molecule has 0 saturated heterocycles. The summed E-state index contributed by atoms with van der Waals surface area (Å²) in [4.78, 5) is 16.3. The summed E-state index contributed by atoms with van der Waals surface area (Å²) in [6.07, 6.45) is 1.50. The summed E-state index contributed by atoms with van der Waals surface area (Å²) in [6, 6.07) is 9.31. The van der Waals surface area contributed by atoms with Gasteiger partial charge in [0.25, 0.3) is 5.91 Å². The van der Waals surface area contributed by atoms with Crippen molar-refractivity contribution in [2.45, 2.75) is 13.0 Å². The molecule has 1 aromatic carbocycles. The van der Waals surface area contributed by atoms with Crippen LogP contribution in [0, 0.1) is 0 Å². The first-order valence-electron chi connectivity index (χ1n) is 6.41. The fourth-order valence-electron chi connectivity index (χ4n) is 1.86. The van der Waals surface area contributed by atoms with Crippen molar-refractivity contribution in [2.75, 3.05) is 12.4 Å². The molecule has 6 heteroatoms. The molecule has 21 heavy (non-hydrogen) atoms. The highest BCUT2D eigenvalue weighted by atomic mass is 79.9. The lowest BCUT2D eigenvalue weighted by Gasteiger charge is -2.15. The maximum absolute atomic E-state index is 12.2. The summed E-state index contributed by atoms with van der Waals surface area (Å²) in [5, 5.41) is 6.20. The Morgan fingerprint density at radius 1 is 1.33 bits per heavy atom. The fraction of sp³-hybridized carbons (Fsp3) is 0.200. The Hall–Kier alpha value is -1.59. The summed E-state index contributed by atoms with van der Waals surface area (Å²) in [5.74, 6) is 0.344. The molecule has 0 spiro atoms. The molecule has 0 aliphatic heterocycles. The van der Waals surface area contributed by atoms with Gasteiger partial charge in [0.05, 0.1) is 16.6 Å². The summed E-state index contributed by atoms with van der Waals surface area (Å²) in [5.41, 5.74) is 1.46. The van der Waals surface area contributed by atoms with Crippen molar-refractivity contribution in [3.8, 4) is 0 Å². The van der Waals surface area contributed by atoms with Gasteiger partial charge in [0.2, 0.25) is 0 Å². The highest BCUT2D eigenvalue weighted by Gasteiger charge is 2.13. The van der Waals surface area contributed by atoms with Gasteiger partial charge in [-0.05, 0) is 30.7 Å². The van der Waals surface area contributed by atoms with Gasteiger partial charge < -0.3 is 10.6 Å². The Morgan fingerprint density at radius 3 is 2.57 bits per heavy atom. The summed E-state index contributed by atoms with van der Waals surface area (Å²) in [6.45, 7) is 1.93. The lowest BCUT2D eigenvalue weighted by Crippen LogP contribution is -2.26. The van der Waals surface area contributed by atoms with E-state index in [1.165, 1.54) is 6.20 Å². The molecule has 0 aliphatic rings. The predicted octanol–water partition coefficient (Wildman–Crippen LogP) is 4.03. The van der Waals surface area contributed by atoms with Crippen molar-refractivity contribution in [1.82, 2.24) is 10.3 Å². The van der Waals surface area contributed by atoms with Gasteiger partial charge >= 0.3 is 0 Å². The summed E-state index contributed by atoms with van der Waals surface area (Å²) >= 11 is 9.42. The quantitative estimate of drug-likeness (QED) is 0.856. The number of amides is 1.